The van der Waals surface area contributed by atoms with Gasteiger partial charge in [-0.1, -0.05) is 28.1 Å². The zero-order chi connectivity index (χ0) is 25.1. The summed E-state index contributed by atoms with van der Waals surface area (Å²) in [6.07, 6.45) is 1.97. The Morgan fingerprint density at radius 2 is 1.74 bits per heavy atom. The van der Waals surface area contributed by atoms with Crippen LogP contribution in [0, 0.1) is 11.6 Å². The van der Waals surface area contributed by atoms with E-state index in [1.807, 2.05) is 12.1 Å². The van der Waals surface area contributed by atoms with Crippen LogP contribution in [-0.2, 0) is 26.2 Å². The van der Waals surface area contributed by atoms with Gasteiger partial charge in [0.25, 0.3) is 0 Å². The minimum atomic E-state index is -0.996. The van der Waals surface area contributed by atoms with Crippen LogP contribution in [0.2, 0.25) is 0 Å². The van der Waals surface area contributed by atoms with Gasteiger partial charge >= 0.3 is 0 Å². The molecule has 0 bridgehead atoms. The number of benzene rings is 2. The van der Waals surface area contributed by atoms with Crippen molar-refractivity contribution in [3.63, 3.8) is 0 Å². The predicted molar refractivity (Wildman–Crippen MR) is 131 cm³/mol. The fourth-order valence-corrected chi connectivity index (χ4v) is 5.57. The molecule has 6 nitrogen and oxygen atoms in total. The highest BCUT2D eigenvalue weighted by Crippen LogP contribution is 2.45. The largest absolute Gasteiger partial charge is 0.390 e. The Morgan fingerprint density at radius 1 is 1.09 bits per heavy atom. The maximum absolute atomic E-state index is 13.7. The van der Waals surface area contributed by atoms with Crippen molar-refractivity contribution in [1.29, 1.82) is 0 Å². The lowest BCUT2D eigenvalue weighted by Gasteiger charge is -2.45. The van der Waals surface area contributed by atoms with Gasteiger partial charge in [0.05, 0.1) is 25.4 Å². The smallest absolute Gasteiger partial charge is 0.217 e. The van der Waals surface area contributed by atoms with E-state index in [0.717, 1.165) is 28.9 Å². The third kappa shape index (κ3) is 6.46. The molecule has 2 unspecified atom stereocenters. The molecule has 1 heterocycles. The summed E-state index contributed by atoms with van der Waals surface area (Å²) in [7, 11) is 0. The summed E-state index contributed by atoms with van der Waals surface area (Å²) < 4.78 is 40.2. The first-order valence-electron chi connectivity index (χ1n) is 11.9. The lowest BCUT2D eigenvalue weighted by Crippen LogP contribution is -2.55. The normalized spacial score (nSPS) is 20.5. The Labute approximate surface area is 212 Å². The molecule has 1 aliphatic heterocycles. The van der Waals surface area contributed by atoms with Crippen LogP contribution in [0.5, 0.6) is 0 Å². The van der Waals surface area contributed by atoms with Crippen LogP contribution in [0.3, 0.4) is 0 Å². The van der Waals surface area contributed by atoms with E-state index in [0.29, 0.717) is 31.6 Å². The van der Waals surface area contributed by atoms with Gasteiger partial charge in [0, 0.05) is 42.4 Å². The molecule has 2 aromatic carbocycles. The second-order valence-corrected chi connectivity index (χ2v) is 10.4. The number of aliphatic hydroxyl groups excluding tert-OH is 1. The van der Waals surface area contributed by atoms with Crippen LogP contribution < -0.4 is 10.6 Å². The Morgan fingerprint density at radius 3 is 2.34 bits per heavy atom. The number of rotatable bonds is 8. The van der Waals surface area contributed by atoms with E-state index < -0.39 is 35.1 Å². The van der Waals surface area contributed by atoms with Crippen LogP contribution in [0.15, 0.2) is 46.9 Å². The van der Waals surface area contributed by atoms with Gasteiger partial charge in [-0.05, 0) is 54.7 Å². The Balaban J connectivity index is 1.51. The third-order valence-corrected chi connectivity index (χ3v) is 7.43. The number of aliphatic hydroxyl groups is 1. The van der Waals surface area contributed by atoms with Gasteiger partial charge in [0.1, 0.15) is 11.6 Å². The van der Waals surface area contributed by atoms with Gasteiger partial charge < -0.3 is 25.2 Å². The molecule has 1 spiro atoms. The maximum atomic E-state index is 13.7. The summed E-state index contributed by atoms with van der Waals surface area (Å²) in [6, 6.07) is 10.6. The monoisotopic (exact) mass is 552 g/mol. The summed E-state index contributed by atoms with van der Waals surface area (Å²) in [6.45, 7) is 2.71. The highest BCUT2D eigenvalue weighted by atomic mass is 79.9. The van der Waals surface area contributed by atoms with Crippen molar-refractivity contribution in [3.05, 3.63) is 69.7 Å². The first-order chi connectivity index (χ1) is 16.7. The number of carbonyl (C=O) groups is 1. The maximum Gasteiger partial charge on any atom is 0.217 e. The van der Waals surface area contributed by atoms with E-state index in [1.165, 1.54) is 19.1 Å². The lowest BCUT2D eigenvalue weighted by molar-refractivity contribution is -0.187. The van der Waals surface area contributed by atoms with E-state index in [9.17, 15) is 18.7 Å². The zero-order valence-corrected chi connectivity index (χ0v) is 21.2. The number of hydrogen-bond donors (Lipinski definition) is 3. The van der Waals surface area contributed by atoms with Crippen molar-refractivity contribution < 1.29 is 28.2 Å². The van der Waals surface area contributed by atoms with E-state index in [1.54, 1.807) is 0 Å². The van der Waals surface area contributed by atoms with Crippen molar-refractivity contribution in [1.82, 2.24) is 10.6 Å². The fraction of sp³-hybridized carbons (Fsp3) is 0.500. The van der Waals surface area contributed by atoms with Gasteiger partial charge in [0.15, 0.2) is 5.79 Å². The topological polar surface area (TPSA) is 79.8 Å². The molecular formula is C26H31BrF2N2O4. The standard InChI is InChI=1S/C26H31BrF2N2O4/c1-17(32)31-23(13-18-11-21(28)15-22(29)12-18)24(33)16-30-25(19-3-2-4-20(27)14-19)5-7-26(8-6-25)34-9-10-35-26/h2-4,11-12,14-15,23-24,30,33H,5-10,13,16H2,1H3,(H,31,32). The van der Waals surface area contributed by atoms with Gasteiger partial charge in [-0.15, -0.1) is 0 Å². The Hall–Kier alpha value is -1.91. The van der Waals surface area contributed by atoms with Crippen molar-refractivity contribution >= 4 is 21.8 Å². The average Bonchev–Trinajstić information content (AvgIpc) is 3.26. The molecule has 35 heavy (non-hydrogen) atoms. The molecule has 2 aromatic rings. The summed E-state index contributed by atoms with van der Waals surface area (Å²) in [5, 5.41) is 17.4. The second kappa shape index (κ2) is 11.0. The number of nitrogens with one attached hydrogen (secondary N) is 2. The summed E-state index contributed by atoms with van der Waals surface area (Å²) in [5.74, 6) is -2.27. The van der Waals surface area contributed by atoms with Gasteiger partial charge in [0.2, 0.25) is 5.91 Å². The summed E-state index contributed by atoms with van der Waals surface area (Å²) in [4.78, 5) is 11.8. The molecule has 2 fully saturated rings. The molecular weight excluding hydrogens is 522 g/mol. The molecule has 2 atom stereocenters. The number of amides is 1. The van der Waals surface area contributed by atoms with Crippen molar-refractivity contribution in [2.45, 2.75) is 62.5 Å². The highest BCUT2D eigenvalue weighted by Gasteiger charge is 2.47. The van der Waals surface area contributed by atoms with Gasteiger partial charge in [-0.3, -0.25) is 4.79 Å². The van der Waals surface area contributed by atoms with Crippen LogP contribution in [-0.4, -0.2) is 48.7 Å². The molecule has 0 aromatic heterocycles. The molecule has 2 aliphatic rings. The molecule has 1 amide bonds. The highest BCUT2D eigenvalue weighted by molar-refractivity contribution is 9.10. The molecule has 1 aliphatic carbocycles. The number of halogens is 3. The molecule has 0 radical (unpaired) electrons. The van der Waals surface area contributed by atoms with Crippen molar-refractivity contribution in [2.24, 2.45) is 0 Å². The molecule has 190 valence electrons. The second-order valence-electron chi connectivity index (χ2n) is 9.44. The van der Waals surface area contributed by atoms with Crippen LogP contribution in [0.1, 0.15) is 43.7 Å². The fourth-order valence-electron chi connectivity index (χ4n) is 5.17. The number of hydrogen-bond acceptors (Lipinski definition) is 5. The minimum Gasteiger partial charge on any atom is -0.390 e. The van der Waals surface area contributed by atoms with Crippen LogP contribution in [0.4, 0.5) is 8.78 Å². The predicted octanol–water partition coefficient (Wildman–Crippen LogP) is 3.94. The van der Waals surface area contributed by atoms with Crippen molar-refractivity contribution in [3.8, 4) is 0 Å². The van der Waals surface area contributed by atoms with E-state index >= 15 is 0 Å². The Kier molecular flexibility index (Phi) is 8.23. The Bertz CT molecular complexity index is 1020. The average molecular weight is 553 g/mol. The van der Waals surface area contributed by atoms with Crippen LogP contribution in [0.25, 0.3) is 0 Å². The first kappa shape index (κ1) is 26.2. The zero-order valence-electron chi connectivity index (χ0n) is 19.7. The molecule has 9 heteroatoms. The van der Waals surface area contributed by atoms with Crippen LogP contribution >= 0.6 is 15.9 Å². The molecule has 4 rings (SSSR count). The first-order valence-corrected chi connectivity index (χ1v) is 12.7. The van der Waals surface area contributed by atoms with E-state index in [2.05, 4.69) is 38.7 Å². The molecule has 1 saturated carbocycles. The number of ether oxygens (including phenoxy) is 2. The quantitative estimate of drug-likeness (QED) is 0.462. The number of carbonyl (C=O) groups excluding carboxylic acids is 1. The van der Waals surface area contributed by atoms with Crippen molar-refractivity contribution in [2.75, 3.05) is 19.8 Å². The minimum absolute atomic E-state index is 0.0891. The van der Waals surface area contributed by atoms with E-state index in [4.69, 9.17) is 9.47 Å². The lowest BCUT2D eigenvalue weighted by atomic mass is 9.74. The van der Waals surface area contributed by atoms with Gasteiger partial charge in [-0.2, -0.15) is 0 Å². The van der Waals surface area contributed by atoms with Gasteiger partial charge in [-0.25, -0.2) is 8.78 Å². The molecule has 1 saturated heterocycles. The third-order valence-electron chi connectivity index (χ3n) is 6.94. The summed E-state index contributed by atoms with van der Waals surface area (Å²) >= 11 is 3.56. The molecule has 3 N–H and O–H groups in total. The summed E-state index contributed by atoms with van der Waals surface area (Å²) in [5.41, 5.74) is 1.00. The SMILES string of the molecule is CC(=O)NC(Cc1cc(F)cc(F)c1)C(O)CNC1(c2cccc(Br)c2)CCC2(CC1)OCCO2. The van der Waals surface area contributed by atoms with E-state index in [-0.39, 0.29) is 18.9 Å².